The standard InChI is InChI=1S/C9H15ClO2/c1-8(7(11)12)3-5-9(2,10)6-4-8/h3-6H2,1-2H3,(H,11,12). The minimum absolute atomic E-state index is 0.172. The molecule has 1 N–H and O–H groups in total. The molecule has 1 aliphatic rings. The Morgan fingerprint density at radius 2 is 1.67 bits per heavy atom. The Labute approximate surface area is 77.9 Å². The first-order valence-corrected chi connectivity index (χ1v) is 4.66. The van der Waals surface area contributed by atoms with E-state index in [0.29, 0.717) is 12.8 Å². The Bertz CT molecular complexity index is 189. The van der Waals surface area contributed by atoms with Crippen molar-refractivity contribution in [2.24, 2.45) is 5.41 Å². The summed E-state index contributed by atoms with van der Waals surface area (Å²) in [6.07, 6.45) is 3.00. The molecule has 1 fully saturated rings. The summed E-state index contributed by atoms with van der Waals surface area (Å²) in [7, 11) is 0. The normalized spacial score (nSPS) is 42.6. The first-order chi connectivity index (χ1) is 5.36. The molecule has 0 aromatic heterocycles. The maximum Gasteiger partial charge on any atom is 0.309 e. The van der Waals surface area contributed by atoms with E-state index in [2.05, 4.69) is 0 Å². The molecule has 1 rings (SSSR count). The molecule has 0 bridgehead atoms. The van der Waals surface area contributed by atoms with E-state index < -0.39 is 11.4 Å². The molecule has 0 aliphatic heterocycles. The highest BCUT2D eigenvalue weighted by Gasteiger charge is 2.41. The van der Waals surface area contributed by atoms with Crippen molar-refractivity contribution < 1.29 is 9.90 Å². The van der Waals surface area contributed by atoms with E-state index in [-0.39, 0.29) is 4.87 Å². The zero-order valence-electron chi connectivity index (χ0n) is 7.56. The molecule has 1 saturated carbocycles. The summed E-state index contributed by atoms with van der Waals surface area (Å²) in [5.41, 5.74) is -0.533. The third-order valence-corrected chi connectivity index (χ3v) is 3.29. The van der Waals surface area contributed by atoms with Gasteiger partial charge in [0.25, 0.3) is 0 Å². The van der Waals surface area contributed by atoms with Crippen LogP contribution in [0.5, 0.6) is 0 Å². The van der Waals surface area contributed by atoms with Gasteiger partial charge >= 0.3 is 5.97 Å². The largest absolute Gasteiger partial charge is 0.481 e. The van der Waals surface area contributed by atoms with Gasteiger partial charge in [-0.1, -0.05) is 0 Å². The van der Waals surface area contributed by atoms with Crippen molar-refractivity contribution in [3.8, 4) is 0 Å². The zero-order valence-corrected chi connectivity index (χ0v) is 8.32. The Balaban J connectivity index is 2.62. The third-order valence-electron chi connectivity index (χ3n) is 2.91. The minimum atomic E-state index is -0.685. The molecule has 0 amide bonds. The molecule has 0 aromatic rings. The van der Waals surface area contributed by atoms with Crippen molar-refractivity contribution in [2.75, 3.05) is 0 Å². The lowest BCUT2D eigenvalue weighted by atomic mass is 9.72. The third kappa shape index (κ3) is 1.92. The predicted octanol–water partition coefficient (Wildman–Crippen LogP) is 2.65. The summed E-state index contributed by atoms with van der Waals surface area (Å²) in [5, 5.41) is 8.92. The van der Waals surface area contributed by atoms with Crippen LogP contribution in [0.4, 0.5) is 0 Å². The van der Waals surface area contributed by atoms with Crippen molar-refractivity contribution in [3.05, 3.63) is 0 Å². The van der Waals surface area contributed by atoms with Crippen LogP contribution in [0.2, 0.25) is 0 Å². The Morgan fingerprint density at radius 3 is 2.00 bits per heavy atom. The molecule has 0 heterocycles. The highest BCUT2D eigenvalue weighted by Crippen LogP contribution is 2.43. The highest BCUT2D eigenvalue weighted by atomic mass is 35.5. The van der Waals surface area contributed by atoms with Gasteiger partial charge in [-0.3, -0.25) is 4.79 Å². The van der Waals surface area contributed by atoms with Crippen LogP contribution in [0, 0.1) is 5.41 Å². The van der Waals surface area contributed by atoms with Crippen molar-refractivity contribution in [1.29, 1.82) is 0 Å². The topological polar surface area (TPSA) is 37.3 Å². The molecule has 0 saturated heterocycles. The number of rotatable bonds is 1. The van der Waals surface area contributed by atoms with Gasteiger partial charge in [0.2, 0.25) is 0 Å². The molecule has 2 nitrogen and oxygen atoms in total. The number of hydrogen-bond donors (Lipinski definition) is 1. The van der Waals surface area contributed by atoms with Crippen LogP contribution in [-0.4, -0.2) is 16.0 Å². The lowest BCUT2D eigenvalue weighted by molar-refractivity contribution is -0.150. The van der Waals surface area contributed by atoms with E-state index in [9.17, 15) is 4.79 Å². The fraction of sp³-hybridized carbons (Fsp3) is 0.889. The molecule has 0 aromatic carbocycles. The average molecular weight is 191 g/mol. The molecule has 70 valence electrons. The average Bonchev–Trinajstić information content (AvgIpc) is 1.96. The highest BCUT2D eigenvalue weighted by molar-refractivity contribution is 6.23. The van der Waals surface area contributed by atoms with E-state index in [0.717, 1.165) is 12.8 Å². The molecular formula is C9H15ClO2. The van der Waals surface area contributed by atoms with Gasteiger partial charge in [0, 0.05) is 4.87 Å². The smallest absolute Gasteiger partial charge is 0.309 e. The van der Waals surface area contributed by atoms with Crippen molar-refractivity contribution in [2.45, 2.75) is 44.4 Å². The zero-order chi connectivity index (χ0) is 9.41. The number of hydrogen-bond acceptors (Lipinski definition) is 1. The maximum absolute atomic E-state index is 10.8. The van der Waals surface area contributed by atoms with Crippen LogP contribution in [0.25, 0.3) is 0 Å². The van der Waals surface area contributed by atoms with Crippen LogP contribution in [0.3, 0.4) is 0 Å². The van der Waals surface area contributed by atoms with Gasteiger partial charge in [0.15, 0.2) is 0 Å². The van der Waals surface area contributed by atoms with Crippen LogP contribution in [-0.2, 0) is 4.79 Å². The van der Waals surface area contributed by atoms with Gasteiger partial charge in [0.1, 0.15) is 0 Å². The molecule has 1 aliphatic carbocycles. The molecule has 0 atom stereocenters. The summed E-state index contributed by atoms with van der Waals surface area (Å²) in [4.78, 5) is 10.7. The van der Waals surface area contributed by atoms with Crippen LogP contribution >= 0.6 is 11.6 Å². The van der Waals surface area contributed by atoms with Crippen LogP contribution in [0.1, 0.15) is 39.5 Å². The summed E-state index contributed by atoms with van der Waals surface area (Å²) < 4.78 is 0. The maximum atomic E-state index is 10.8. The SMILES string of the molecule is CC1(Cl)CCC(C)(C(=O)O)CC1. The van der Waals surface area contributed by atoms with Crippen LogP contribution < -0.4 is 0 Å². The van der Waals surface area contributed by atoms with Crippen LogP contribution in [0.15, 0.2) is 0 Å². The number of carbonyl (C=O) groups is 1. The van der Waals surface area contributed by atoms with E-state index in [4.69, 9.17) is 16.7 Å². The predicted molar refractivity (Wildman–Crippen MR) is 48.5 cm³/mol. The minimum Gasteiger partial charge on any atom is -0.481 e. The Morgan fingerprint density at radius 1 is 1.25 bits per heavy atom. The summed E-state index contributed by atoms with van der Waals surface area (Å²) in [6, 6.07) is 0. The van der Waals surface area contributed by atoms with Gasteiger partial charge in [-0.05, 0) is 39.5 Å². The number of aliphatic carboxylic acids is 1. The van der Waals surface area contributed by atoms with Gasteiger partial charge in [-0.25, -0.2) is 0 Å². The van der Waals surface area contributed by atoms with E-state index >= 15 is 0 Å². The Kier molecular flexibility index (Phi) is 2.39. The lowest BCUT2D eigenvalue weighted by Crippen LogP contribution is -2.36. The van der Waals surface area contributed by atoms with E-state index in [1.807, 2.05) is 13.8 Å². The molecule has 0 radical (unpaired) electrons. The quantitative estimate of drug-likeness (QED) is 0.646. The molecule has 12 heavy (non-hydrogen) atoms. The molecule has 0 spiro atoms. The number of halogens is 1. The fourth-order valence-electron chi connectivity index (χ4n) is 1.54. The molecule has 3 heteroatoms. The van der Waals surface area contributed by atoms with Crippen molar-refractivity contribution >= 4 is 17.6 Å². The second-order valence-electron chi connectivity index (χ2n) is 4.28. The first kappa shape index (κ1) is 9.85. The van der Waals surface area contributed by atoms with E-state index in [1.54, 1.807) is 0 Å². The van der Waals surface area contributed by atoms with Gasteiger partial charge in [-0.15, -0.1) is 11.6 Å². The van der Waals surface area contributed by atoms with Crippen molar-refractivity contribution in [3.63, 3.8) is 0 Å². The number of alkyl halides is 1. The first-order valence-electron chi connectivity index (χ1n) is 4.28. The number of carboxylic acids is 1. The summed E-state index contributed by atoms with van der Waals surface area (Å²) in [5.74, 6) is -0.685. The molecule has 0 unspecified atom stereocenters. The Hall–Kier alpha value is -0.240. The molecular weight excluding hydrogens is 176 g/mol. The van der Waals surface area contributed by atoms with Gasteiger partial charge < -0.3 is 5.11 Å². The van der Waals surface area contributed by atoms with E-state index in [1.165, 1.54) is 0 Å². The van der Waals surface area contributed by atoms with Gasteiger partial charge in [0.05, 0.1) is 5.41 Å². The summed E-state index contributed by atoms with van der Waals surface area (Å²) >= 11 is 6.11. The second kappa shape index (κ2) is 2.91. The number of carboxylic acid groups (broad SMARTS) is 1. The second-order valence-corrected chi connectivity index (χ2v) is 5.19. The van der Waals surface area contributed by atoms with Gasteiger partial charge in [-0.2, -0.15) is 0 Å². The fourth-order valence-corrected chi connectivity index (χ4v) is 1.73. The lowest BCUT2D eigenvalue weighted by Gasteiger charge is -2.36. The summed E-state index contributed by atoms with van der Waals surface area (Å²) in [6.45, 7) is 3.79. The van der Waals surface area contributed by atoms with Crippen molar-refractivity contribution in [1.82, 2.24) is 0 Å². The monoisotopic (exact) mass is 190 g/mol.